The van der Waals surface area contributed by atoms with Crippen LogP contribution in [0.15, 0.2) is 10.7 Å². The Bertz CT molecular complexity index is 823. The van der Waals surface area contributed by atoms with Gasteiger partial charge in [0.25, 0.3) is 0 Å². The van der Waals surface area contributed by atoms with Crippen LogP contribution in [-0.2, 0) is 20.8 Å². The zero-order valence-corrected chi connectivity index (χ0v) is 16.4. The molecule has 8 nitrogen and oxygen atoms in total. The van der Waals surface area contributed by atoms with E-state index in [9.17, 15) is 14.4 Å². The largest absolute Gasteiger partial charge is 0.465 e. The Morgan fingerprint density at radius 2 is 1.88 bits per heavy atom. The number of hydrogen-bond donors (Lipinski definition) is 1. The minimum Gasteiger partial charge on any atom is -0.465 e. The number of halogens is 1. The normalized spacial score (nSPS) is 10.4. The lowest BCUT2D eigenvalue weighted by atomic mass is 10.1. The van der Waals surface area contributed by atoms with Crippen molar-refractivity contribution in [3.8, 4) is 0 Å². The quantitative estimate of drug-likeness (QED) is 0.732. The van der Waals surface area contributed by atoms with Crippen molar-refractivity contribution in [2.24, 2.45) is 0 Å². The molecule has 1 amide bonds. The van der Waals surface area contributed by atoms with Gasteiger partial charge in [0, 0.05) is 6.20 Å². The highest BCUT2D eigenvalue weighted by molar-refractivity contribution is 9.10. The first-order valence-electron chi connectivity index (χ1n) is 7.07. The van der Waals surface area contributed by atoms with Crippen LogP contribution < -0.4 is 5.32 Å². The van der Waals surface area contributed by atoms with Crippen LogP contribution >= 0.6 is 27.3 Å². The van der Waals surface area contributed by atoms with Crippen molar-refractivity contribution in [1.82, 2.24) is 9.78 Å². The number of nitrogens with zero attached hydrogens (tertiary/aromatic N) is 2. The Morgan fingerprint density at radius 3 is 2.40 bits per heavy atom. The number of rotatable bonds is 5. The molecule has 0 aliphatic heterocycles. The topological polar surface area (TPSA) is 99.5 Å². The molecule has 2 aromatic heterocycles. The maximum absolute atomic E-state index is 12.3. The van der Waals surface area contributed by atoms with Crippen molar-refractivity contribution < 1.29 is 23.9 Å². The third kappa shape index (κ3) is 4.07. The zero-order chi connectivity index (χ0) is 18.7. The molecule has 0 aromatic carbocycles. The van der Waals surface area contributed by atoms with Gasteiger partial charge in [0.1, 0.15) is 16.4 Å². The van der Waals surface area contributed by atoms with Gasteiger partial charge in [-0.1, -0.05) is 0 Å². The second-order valence-electron chi connectivity index (χ2n) is 5.05. The van der Waals surface area contributed by atoms with Crippen LogP contribution in [0.5, 0.6) is 0 Å². The number of aryl methyl sites for hydroxylation is 1. The van der Waals surface area contributed by atoms with Gasteiger partial charge in [0.05, 0.1) is 29.9 Å². The highest BCUT2D eigenvalue weighted by atomic mass is 79.9. The van der Waals surface area contributed by atoms with Gasteiger partial charge in [0.2, 0.25) is 5.91 Å². The molecule has 10 heteroatoms. The number of amides is 1. The highest BCUT2D eigenvalue weighted by Crippen LogP contribution is 2.34. The lowest BCUT2D eigenvalue weighted by molar-refractivity contribution is -0.116. The molecule has 2 rings (SSSR count). The molecule has 0 atom stereocenters. The summed E-state index contributed by atoms with van der Waals surface area (Å²) in [4.78, 5) is 36.4. The van der Waals surface area contributed by atoms with E-state index >= 15 is 0 Å². The number of esters is 2. The molecule has 0 saturated carbocycles. The number of nitrogens with one attached hydrogen (secondary N) is 1. The lowest BCUT2D eigenvalue weighted by Gasteiger charge is -2.06. The van der Waals surface area contributed by atoms with Crippen LogP contribution in [0.3, 0.4) is 0 Å². The van der Waals surface area contributed by atoms with E-state index in [1.54, 1.807) is 20.0 Å². The summed E-state index contributed by atoms with van der Waals surface area (Å²) < 4.78 is 11.7. The van der Waals surface area contributed by atoms with Gasteiger partial charge in [0.15, 0.2) is 0 Å². The van der Waals surface area contributed by atoms with E-state index in [0.717, 1.165) is 21.5 Å². The SMILES string of the molecule is COC(=O)c1sc(NC(=O)Cn2cc(Br)c(C)n2)c(C(=O)OC)c1C. The molecule has 1 N–H and O–H groups in total. The predicted molar refractivity (Wildman–Crippen MR) is 95.0 cm³/mol. The molecule has 2 aromatic rings. The molecular formula is C15H16BrN3O5S. The van der Waals surface area contributed by atoms with E-state index < -0.39 is 17.8 Å². The zero-order valence-electron chi connectivity index (χ0n) is 14.0. The molecule has 0 spiro atoms. The maximum atomic E-state index is 12.3. The van der Waals surface area contributed by atoms with Crippen LogP contribution in [-0.4, -0.2) is 41.8 Å². The van der Waals surface area contributed by atoms with Gasteiger partial charge in [-0.3, -0.25) is 9.48 Å². The van der Waals surface area contributed by atoms with Crippen LogP contribution in [0.4, 0.5) is 5.00 Å². The average molecular weight is 430 g/mol. The second kappa shape index (κ2) is 7.79. The molecule has 0 aliphatic rings. The smallest absolute Gasteiger partial charge is 0.348 e. The number of aromatic nitrogens is 2. The average Bonchev–Trinajstić information content (AvgIpc) is 3.05. The Kier molecular flexibility index (Phi) is 5.96. The minimum absolute atomic E-state index is 0.0441. The highest BCUT2D eigenvalue weighted by Gasteiger charge is 2.26. The fourth-order valence-electron chi connectivity index (χ4n) is 2.12. The van der Waals surface area contributed by atoms with E-state index in [1.807, 2.05) is 0 Å². The molecule has 0 fully saturated rings. The number of ether oxygens (including phenoxy) is 2. The molecule has 0 bridgehead atoms. The Balaban J connectivity index is 2.29. The van der Waals surface area contributed by atoms with E-state index in [4.69, 9.17) is 9.47 Å². The van der Waals surface area contributed by atoms with Gasteiger partial charge in [-0.2, -0.15) is 5.10 Å². The third-order valence-electron chi connectivity index (χ3n) is 3.35. The summed E-state index contributed by atoms with van der Waals surface area (Å²) in [6.07, 6.45) is 1.68. The number of carbonyl (C=O) groups excluding carboxylic acids is 3. The number of hydrogen-bond acceptors (Lipinski definition) is 7. The van der Waals surface area contributed by atoms with Crippen LogP contribution in [0.2, 0.25) is 0 Å². The second-order valence-corrected chi connectivity index (χ2v) is 6.93. The summed E-state index contributed by atoms with van der Waals surface area (Å²) in [6, 6.07) is 0. The van der Waals surface area contributed by atoms with E-state index in [2.05, 4.69) is 26.3 Å². The molecule has 2 heterocycles. The molecule has 134 valence electrons. The van der Waals surface area contributed by atoms with Crippen molar-refractivity contribution in [3.63, 3.8) is 0 Å². The first-order chi connectivity index (χ1) is 11.8. The Hall–Kier alpha value is -2.20. The number of thiophene rings is 1. The van der Waals surface area contributed by atoms with E-state index in [-0.39, 0.29) is 22.0 Å². The monoisotopic (exact) mass is 429 g/mol. The van der Waals surface area contributed by atoms with Gasteiger partial charge in [-0.05, 0) is 35.3 Å². The Labute approximate surface area is 156 Å². The number of anilines is 1. The van der Waals surface area contributed by atoms with Gasteiger partial charge >= 0.3 is 11.9 Å². The predicted octanol–water partition coefficient (Wildman–Crippen LogP) is 2.54. The third-order valence-corrected chi connectivity index (χ3v) is 5.32. The van der Waals surface area contributed by atoms with Crippen LogP contribution in [0.25, 0.3) is 0 Å². The van der Waals surface area contributed by atoms with E-state index in [1.165, 1.54) is 18.9 Å². The van der Waals surface area contributed by atoms with Crippen molar-refractivity contribution >= 4 is 50.1 Å². The van der Waals surface area contributed by atoms with Crippen molar-refractivity contribution in [2.45, 2.75) is 20.4 Å². The van der Waals surface area contributed by atoms with Crippen LogP contribution in [0, 0.1) is 13.8 Å². The summed E-state index contributed by atoms with van der Waals surface area (Å²) in [5.74, 6) is -1.62. The summed E-state index contributed by atoms with van der Waals surface area (Å²) in [5, 5.41) is 7.05. The van der Waals surface area contributed by atoms with Crippen molar-refractivity contribution in [1.29, 1.82) is 0 Å². The number of carbonyl (C=O) groups is 3. The van der Waals surface area contributed by atoms with Crippen molar-refractivity contribution in [2.75, 3.05) is 19.5 Å². The minimum atomic E-state index is -0.642. The summed E-state index contributed by atoms with van der Waals surface area (Å²) >= 11 is 4.29. The number of methoxy groups -OCH3 is 2. The maximum Gasteiger partial charge on any atom is 0.348 e. The fourth-order valence-corrected chi connectivity index (χ4v) is 3.57. The van der Waals surface area contributed by atoms with E-state index in [0.29, 0.717) is 5.56 Å². The lowest BCUT2D eigenvalue weighted by Crippen LogP contribution is -2.20. The fraction of sp³-hybridized carbons (Fsp3) is 0.333. The summed E-state index contributed by atoms with van der Waals surface area (Å²) in [7, 11) is 2.47. The van der Waals surface area contributed by atoms with Gasteiger partial charge in [-0.25, -0.2) is 9.59 Å². The Morgan fingerprint density at radius 1 is 1.24 bits per heavy atom. The molecule has 0 radical (unpaired) electrons. The van der Waals surface area contributed by atoms with Crippen molar-refractivity contribution in [3.05, 3.63) is 32.4 Å². The van der Waals surface area contributed by atoms with Crippen LogP contribution in [0.1, 0.15) is 31.3 Å². The summed E-state index contributed by atoms with van der Waals surface area (Å²) in [5.41, 5.74) is 1.29. The first kappa shape index (κ1) is 19.1. The van der Waals surface area contributed by atoms with Gasteiger partial charge in [-0.15, -0.1) is 11.3 Å². The van der Waals surface area contributed by atoms with Gasteiger partial charge < -0.3 is 14.8 Å². The molecule has 0 saturated heterocycles. The molecule has 0 aliphatic carbocycles. The molecule has 0 unspecified atom stereocenters. The summed E-state index contributed by atoms with van der Waals surface area (Å²) in [6.45, 7) is 3.36. The molecular weight excluding hydrogens is 414 g/mol. The first-order valence-corrected chi connectivity index (χ1v) is 8.68. The standard InChI is InChI=1S/C15H16BrN3O5S/c1-7-11(14(21)23-3)13(25-12(7)15(22)24-4)17-10(20)6-19-5-9(16)8(2)18-19/h5H,6H2,1-4H3,(H,17,20). The molecule has 25 heavy (non-hydrogen) atoms.